The first-order valence-corrected chi connectivity index (χ1v) is 10.5. The Hall–Kier alpha value is -2.33. The standard InChI is InChI=1S/C20H15Br2F3N4O/c21-12-3-1-11(2-4-12)15-9-17(20(23,24)25)29-18(27-15)10-16(28-29)19(30)26-14-7-5-13(22)6-8-14/h1-8,10,15,17,27H,9H2,(H,26,30)/t15-,17-/m1/s1. The molecule has 2 N–H and O–H groups in total. The van der Waals surface area contributed by atoms with Gasteiger partial charge in [0.2, 0.25) is 0 Å². The van der Waals surface area contributed by atoms with E-state index in [9.17, 15) is 18.0 Å². The van der Waals surface area contributed by atoms with Crippen LogP contribution in [0.3, 0.4) is 0 Å². The average molecular weight is 544 g/mol. The Balaban J connectivity index is 1.63. The normalized spacial score (nSPS) is 18.4. The second-order valence-corrected chi connectivity index (χ2v) is 8.69. The van der Waals surface area contributed by atoms with Crippen molar-refractivity contribution in [2.75, 3.05) is 10.6 Å². The minimum absolute atomic E-state index is 0.0916. The molecule has 1 aromatic heterocycles. The number of alkyl halides is 3. The molecule has 0 saturated heterocycles. The molecule has 2 atom stereocenters. The Bertz CT molecular complexity index is 1070. The Morgan fingerprint density at radius 3 is 2.27 bits per heavy atom. The first-order valence-electron chi connectivity index (χ1n) is 8.96. The molecule has 1 amide bonds. The molecule has 4 rings (SSSR count). The van der Waals surface area contributed by atoms with Crippen LogP contribution in [0.5, 0.6) is 0 Å². The molecule has 1 aliphatic rings. The van der Waals surface area contributed by atoms with Crippen molar-refractivity contribution in [1.82, 2.24) is 9.78 Å². The lowest BCUT2D eigenvalue weighted by atomic mass is 9.97. The molecule has 2 aromatic carbocycles. The summed E-state index contributed by atoms with van der Waals surface area (Å²) in [6.07, 6.45) is -4.73. The molecular formula is C20H15Br2F3N4O. The van der Waals surface area contributed by atoms with Crippen LogP contribution < -0.4 is 10.6 Å². The predicted molar refractivity (Wildman–Crippen MR) is 115 cm³/mol. The van der Waals surface area contributed by atoms with Gasteiger partial charge in [-0.3, -0.25) is 4.79 Å². The highest BCUT2D eigenvalue weighted by molar-refractivity contribution is 9.10. The van der Waals surface area contributed by atoms with E-state index >= 15 is 0 Å². The van der Waals surface area contributed by atoms with Crippen molar-refractivity contribution in [3.05, 3.63) is 74.8 Å². The smallest absolute Gasteiger partial charge is 0.363 e. The van der Waals surface area contributed by atoms with Crippen molar-refractivity contribution in [3.8, 4) is 0 Å². The van der Waals surface area contributed by atoms with Crippen molar-refractivity contribution in [2.24, 2.45) is 0 Å². The van der Waals surface area contributed by atoms with E-state index in [1.54, 1.807) is 48.5 Å². The van der Waals surface area contributed by atoms with Crippen LogP contribution in [0.4, 0.5) is 24.7 Å². The first-order chi connectivity index (χ1) is 14.2. The largest absolute Gasteiger partial charge is 0.410 e. The fourth-order valence-electron chi connectivity index (χ4n) is 3.33. The highest BCUT2D eigenvalue weighted by Gasteiger charge is 2.46. The van der Waals surface area contributed by atoms with Gasteiger partial charge in [-0.25, -0.2) is 4.68 Å². The number of fused-ring (bicyclic) bond motifs is 1. The summed E-state index contributed by atoms with van der Waals surface area (Å²) in [7, 11) is 0. The Labute approximate surface area is 186 Å². The molecule has 0 saturated carbocycles. The van der Waals surface area contributed by atoms with Crippen molar-refractivity contribution in [2.45, 2.75) is 24.7 Å². The number of halogens is 5. The molecule has 5 nitrogen and oxygen atoms in total. The van der Waals surface area contributed by atoms with Crippen LogP contribution in [-0.4, -0.2) is 21.9 Å². The average Bonchev–Trinajstić information content (AvgIpc) is 3.13. The number of benzene rings is 2. The van der Waals surface area contributed by atoms with Gasteiger partial charge in [-0.05, 0) is 42.0 Å². The number of hydrogen-bond donors (Lipinski definition) is 2. The maximum absolute atomic E-state index is 13.8. The molecule has 0 spiro atoms. The monoisotopic (exact) mass is 542 g/mol. The quantitative estimate of drug-likeness (QED) is 0.406. The summed E-state index contributed by atoms with van der Waals surface area (Å²) in [5, 5.41) is 9.69. The number of hydrogen-bond acceptors (Lipinski definition) is 3. The maximum atomic E-state index is 13.8. The van der Waals surface area contributed by atoms with E-state index in [-0.39, 0.29) is 17.9 Å². The first kappa shape index (κ1) is 20.9. The number of aromatic nitrogens is 2. The van der Waals surface area contributed by atoms with Crippen LogP contribution in [0, 0.1) is 0 Å². The lowest BCUT2D eigenvalue weighted by Crippen LogP contribution is -2.35. The van der Waals surface area contributed by atoms with E-state index in [0.29, 0.717) is 5.69 Å². The second-order valence-electron chi connectivity index (χ2n) is 6.86. The molecule has 10 heteroatoms. The Morgan fingerprint density at radius 1 is 1.07 bits per heavy atom. The molecule has 0 aliphatic carbocycles. The van der Waals surface area contributed by atoms with Crippen molar-refractivity contribution in [1.29, 1.82) is 0 Å². The molecular weight excluding hydrogens is 529 g/mol. The molecule has 0 radical (unpaired) electrons. The molecule has 0 unspecified atom stereocenters. The zero-order valence-corrected chi connectivity index (χ0v) is 18.4. The number of amides is 1. The van der Waals surface area contributed by atoms with Gasteiger partial charge in [-0.1, -0.05) is 44.0 Å². The number of carbonyl (C=O) groups is 1. The van der Waals surface area contributed by atoms with E-state index in [1.807, 2.05) is 0 Å². The third kappa shape index (κ3) is 4.39. The fourth-order valence-corrected chi connectivity index (χ4v) is 3.86. The number of carbonyl (C=O) groups excluding carboxylic acids is 1. The van der Waals surface area contributed by atoms with Gasteiger partial charge >= 0.3 is 6.18 Å². The summed E-state index contributed by atoms with van der Waals surface area (Å²) in [5.74, 6) is -0.431. The topological polar surface area (TPSA) is 59.0 Å². The van der Waals surface area contributed by atoms with Crippen LogP contribution in [0.1, 0.15) is 34.6 Å². The van der Waals surface area contributed by atoms with Gasteiger partial charge in [-0.2, -0.15) is 18.3 Å². The van der Waals surface area contributed by atoms with Crippen LogP contribution in [-0.2, 0) is 0 Å². The third-order valence-electron chi connectivity index (χ3n) is 4.80. The molecule has 3 aromatic rings. The molecule has 30 heavy (non-hydrogen) atoms. The summed E-state index contributed by atoms with van der Waals surface area (Å²) >= 11 is 6.63. The van der Waals surface area contributed by atoms with Crippen LogP contribution in [0.15, 0.2) is 63.5 Å². The van der Waals surface area contributed by atoms with E-state index < -0.39 is 24.2 Å². The molecule has 0 bridgehead atoms. The molecule has 0 fully saturated rings. The number of nitrogens with one attached hydrogen (secondary N) is 2. The van der Waals surface area contributed by atoms with Gasteiger partial charge in [0.05, 0.1) is 6.04 Å². The number of rotatable bonds is 3. The number of anilines is 2. The molecule has 2 heterocycles. The SMILES string of the molecule is O=C(Nc1ccc(Br)cc1)c1cc2n(n1)[C@@H](C(F)(F)F)C[C@H](c1ccc(Br)cc1)N2. The van der Waals surface area contributed by atoms with Gasteiger partial charge < -0.3 is 10.6 Å². The summed E-state index contributed by atoms with van der Waals surface area (Å²) in [5.41, 5.74) is 1.15. The minimum Gasteiger partial charge on any atom is -0.363 e. The van der Waals surface area contributed by atoms with E-state index in [0.717, 1.165) is 19.2 Å². The fraction of sp³-hybridized carbons (Fsp3) is 0.200. The third-order valence-corrected chi connectivity index (χ3v) is 5.85. The predicted octanol–water partition coefficient (Wildman–Crippen LogP) is 6.32. The van der Waals surface area contributed by atoms with Gasteiger partial charge in [0.1, 0.15) is 5.82 Å². The summed E-state index contributed by atoms with van der Waals surface area (Å²) in [6, 6.07) is 12.9. The van der Waals surface area contributed by atoms with Crippen molar-refractivity contribution >= 4 is 49.3 Å². The van der Waals surface area contributed by atoms with E-state index in [1.165, 1.54) is 6.07 Å². The van der Waals surface area contributed by atoms with Gasteiger partial charge in [0.25, 0.3) is 5.91 Å². The van der Waals surface area contributed by atoms with Gasteiger partial charge in [-0.15, -0.1) is 0 Å². The minimum atomic E-state index is -4.50. The lowest BCUT2D eigenvalue weighted by molar-refractivity contribution is -0.173. The summed E-state index contributed by atoms with van der Waals surface area (Å²) < 4.78 is 43.8. The highest BCUT2D eigenvalue weighted by Crippen LogP contribution is 2.43. The lowest BCUT2D eigenvalue weighted by Gasteiger charge is -2.33. The second kappa shape index (κ2) is 8.07. The van der Waals surface area contributed by atoms with Crippen LogP contribution in [0.25, 0.3) is 0 Å². The van der Waals surface area contributed by atoms with Crippen LogP contribution in [0.2, 0.25) is 0 Å². The number of nitrogens with zero attached hydrogens (tertiary/aromatic N) is 2. The van der Waals surface area contributed by atoms with E-state index in [2.05, 4.69) is 47.6 Å². The summed E-state index contributed by atoms with van der Waals surface area (Å²) in [4.78, 5) is 12.5. The Kier molecular flexibility index (Phi) is 5.63. The van der Waals surface area contributed by atoms with Crippen LogP contribution >= 0.6 is 31.9 Å². The van der Waals surface area contributed by atoms with Gasteiger partial charge in [0, 0.05) is 27.1 Å². The molecule has 1 aliphatic heterocycles. The summed E-state index contributed by atoms with van der Waals surface area (Å²) in [6.45, 7) is 0. The Morgan fingerprint density at radius 2 is 1.67 bits per heavy atom. The highest BCUT2D eigenvalue weighted by atomic mass is 79.9. The van der Waals surface area contributed by atoms with Crippen molar-refractivity contribution in [3.63, 3.8) is 0 Å². The maximum Gasteiger partial charge on any atom is 0.410 e. The zero-order chi connectivity index (χ0) is 21.5. The molecule has 156 valence electrons. The zero-order valence-electron chi connectivity index (χ0n) is 15.3. The van der Waals surface area contributed by atoms with E-state index in [4.69, 9.17) is 0 Å². The van der Waals surface area contributed by atoms with Crippen molar-refractivity contribution < 1.29 is 18.0 Å². The van der Waals surface area contributed by atoms with Gasteiger partial charge in [0.15, 0.2) is 11.7 Å².